The Bertz CT molecular complexity index is 1180. The van der Waals surface area contributed by atoms with Crippen molar-refractivity contribution >= 4 is 22.5 Å². The second kappa shape index (κ2) is 8.41. The smallest absolute Gasteiger partial charge is 0.267 e. The fraction of sp³-hybridized carbons (Fsp3) is 0.200. The lowest BCUT2D eigenvalue weighted by Crippen LogP contribution is -2.14. The molecular formula is C20H20N6O2S2. The zero-order valence-corrected chi connectivity index (χ0v) is 17.9. The molecule has 1 atom stereocenters. The molecule has 0 fully saturated rings. The van der Waals surface area contributed by atoms with Gasteiger partial charge in [-0.2, -0.15) is 12.6 Å². The molecular weight excluding hydrogens is 420 g/mol. The molecule has 2 aromatic heterocycles. The van der Waals surface area contributed by atoms with E-state index < -0.39 is 15.1 Å². The van der Waals surface area contributed by atoms with Crippen LogP contribution in [-0.2, 0) is 16.9 Å². The second-order valence-corrected chi connectivity index (χ2v) is 9.41. The molecule has 4 rings (SSSR count). The topological polar surface area (TPSA) is 106 Å². The molecule has 2 aromatic carbocycles. The van der Waals surface area contributed by atoms with Crippen molar-refractivity contribution in [1.29, 1.82) is 0 Å². The average molecular weight is 441 g/mol. The third-order valence-corrected chi connectivity index (χ3v) is 6.85. The van der Waals surface area contributed by atoms with Crippen LogP contribution in [0.15, 0.2) is 65.8 Å². The Morgan fingerprint density at radius 1 is 1.03 bits per heavy atom. The van der Waals surface area contributed by atoms with Crippen LogP contribution in [0.25, 0.3) is 22.5 Å². The van der Waals surface area contributed by atoms with E-state index in [0.29, 0.717) is 5.82 Å². The van der Waals surface area contributed by atoms with E-state index in [0.717, 1.165) is 27.2 Å². The number of tetrazole rings is 1. The Morgan fingerprint density at radius 3 is 2.27 bits per heavy atom. The molecule has 0 saturated heterocycles. The first-order chi connectivity index (χ1) is 14.5. The molecule has 0 radical (unpaired) electrons. The summed E-state index contributed by atoms with van der Waals surface area (Å²) in [6.45, 7) is 0. The molecule has 0 aliphatic rings. The summed E-state index contributed by atoms with van der Waals surface area (Å²) in [5.41, 5.74) is 3.64. The van der Waals surface area contributed by atoms with E-state index in [4.69, 9.17) is 4.98 Å². The van der Waals surface area contributed by atoms with Gasteiger partial charge in [-0.15, -0.1) is 0 Å². The van der Waals surface area contributed by atoms with Gasteiger partial charge in [-0.3, -0.25) is 0 Å². The number of rotatable bonds is 7. The van der Waals surface area contributed by atoms with Gasteiger partial charge in [-0.1, -0.05) is 65.8 Å². The van der Waals surface area contributed by atoms with Gasteiger partial charge >= 0.3 is 0 Å². The summed E-state index contributed by atoms with van der Waals surface area (Å²) in [4.78, 5) is 8.12. The molecule has 154 valence electrons. The summed E-state index contributed by atoms with van der Waals surface area (Å²) in [5, 5.41) is 10.0. The number of aromatic nitrogens is 6. The fourth-order valence-corrected chi connectivity index (χ4v) is 4.90. The van der Waals surface area contributed by atoms with E-state index >= 15 is 0 Å². The number of hydrogen-bond acceptors (Lipinski definition) is 7. The van der Waals surface area contributed by atoms with Crippen LogP contribution in [-0.4, -0.2) is 44.3 Å². The van der Waals surface area contributed by atoms with Gasteiger partial charge < -0.3 is 4.98 Å². The van der Waals surface area contributed by atoms with Crippen molar-refractivity contribution in [2.75, 3.05) is 5.75 Å². The van der Waals surface area contributed by atoms with Crippen molar-refractivity contribution in [2.24, 2.45) is 7.05 Å². The summed E-state index contributed by atoms with van der Waals surface area (Å²) in [6, 6.07) is 19.7. The first-order valence-electron chi connectivity index (χ1n) is 9.29. The number of thiol groups is 1. The third kappa shape index (κ3) is 4.14. The molecule has 0 saturated carbocycles. The maximum absolute atomic E-state index is 12.5. The van der Waals surface area contributed by atoms with Crippen LogP contribution in [0.3, 0.4) is 0 Å². The van der Waals surface area contributed by atoms with Crippen LogP contribution in [0.4, 0.5) is 0 Å². The van der Waals surface area contributed by atoms with Crippen molar-refractivity contribution in [1.82, 2.24) is 30.2 Å². The van der Waals surface area contributed by atoms with E-state index in [1.807, 2.05) is 60.7 Å². The Labute approximate surface area is 179 Å². The molecule has 0 aliphatic heterocycles. The van der Waals surface area contributed by atoms with Crippen molar-refractivity contribution in [3.05, 3.63) is 66.5 Å². The Morgan fingerprint density at radius 2 is 1.67 bits per heavy atom. The second-order valence-electron chi connectivity index (χ2n) is 6.79. The van der Waals surface area contributed by atoms with Gasteiger partial charge in [0.1, 0.15) is 5.82 Å². The van der Waals surface area contributed by atoms with E-state index in [1.54, 1.807) is 0 Å². The lowest BCUT2D eigenvalue weighted by molar-refractivity contribution is 0.566. The van der Waals surface area contributed by atoms with Gasteiger partial charge in [-0.05, 0) is 16.8 Å². The number of hydrogen-bond donors (Lipinski definition) is 2. The molecule has 0 amide bonds. The van der Waals surface area contributed by atoms with Crippen LogP contribution in [0.5, 0.6) is 0 Å². The molecule has 0 bridgehead atoms. The maximum Gasteiger partial charge on any atom is 0.267 e. The van der Waals surface area contributed by atoms with Crippen molar-refractivity contribution < 1.29 is 8.42 Å². The molecule has 10 heteroatoms. The van der Waals surface area contributed by atoms with Gasteiger partial charge in [0.15, 0.2) is 0 Å². The standard InChI is InChI=1S/C20H20N6O2S2/c1-26-20(23-24-25-26)30(27,28)13-12-16(29)19-21-17(14-8-4-2-5-9-14)18(22-19)15-10-6-3-7-11-15/h2-11,16,29H,12-13H2,1H3,(H,21,22). The van der Waals surface area contributed by atoms with Crippen LogP contribution in [0, 0.1) is 0 Å². The minimum atomic E-state index is -3.62. The van der Waals surface area contributed by atoms with Gasteiger partial charge in [-0.25, -0.2) is 18.1 Å². The largest absolute Gasteiger partial charge is 0.341 e. The first kappa shape index (κ1) is 20.3. The molecule has 4 aromatic rings. The van der Waals surface area contributed by atoms with Crippen LogP contribution >= 0.6 is 12.6 Å². The molecule has 1 N–H and O–H groups in total. The minimum Gasteiger partial charge on any atom is -0.341 e. The Balaban J connectivity index is 1.63. The van der Waals surface area contributed by atoms with E-state index in [9.17, 15) is 8.42 Å². The normalized spacial score (nSPS) is 12.7. The van der Waals surface area contributed by atoms with Gasteiger partial charge in [0, 0.05) is 18.2 Å². The number of nitrogens with one attached hydrogen (secondary N) is 1. The zero-order valence-electron chi connectivity index (χ0n) is 16.2. The lowest BCUT2D eigenvalue weighted by Gasteiger charge is -2.08. The van der Waals surface area contributed by atoms with Crippen LogP contribution in [0.1, 0.15) is 17.5 Å². The molecule has 0 spiro atoms. The minimum absolute atomic E-state index is 0.141. The number of nitrogens with zero attached hydrogens (tertiary/aromatic N) is 5. The summed E-state index contributed by atoms with van der Waals surface area (Å²) < 4.78 is 26.2. The van der Waals surface area contributed by atoms with Gasteiger partial charge in [0.2, 0.25) is 9.84 Å². The highest BCUT2D eigenvalue weighted by Gasteiger charge is 2.24. The van der Waals surface area contributed by atoms with Gasteiger partial charge in [0.25, 0.3) is 5.16 Å². The molecule has 0 aliphatic carbocycles. The summed E-state index contributed by atoms with van der Waals surface area (Å²) >= 11 is 4.62. The fourth-order valence-electron chi connectivity index (χ4n) is 3.15. The molecule has 1 unspecified atom stereocenters. The highest BCUT2D eigenvalue weighted by molar-refractivity contribution is 7.91. The van der Waals surface area contributed by atoms with Crippen molar-refractivity contribution in [2.45, 2.75) is 16.8 Å². The summed E-state index contributed by atoms with van der Waals surface area (Å²) in [5.74, 6) is 0.472. The number of benzene rings is 2. The maximum atomic E-state index is 12.5. The molecule has 8 nitrogen and oxygen atoms in total. The van der Waals surface area contributed by atoms with Crippen LogP contribution < -0.4 is 0 Å². The predicted octanol–water partition coefficient (Wildman–Crippen LogP) is 3.10. The van der Waals surface area contributed by atoms with Crippen molar-refractivity contribution in [3.63, 3.8) is 0 Å². The van der Waals surface area contributed by atoms with Crippen LogP contribution in [0.2, 0.25) is 0 Å². The number of aromatic amines is 1. The third-order valence-electron chi connectivity index (χ3n) is 4.67. The van der Waals surface area contributed by atoms with E-state index in [2.05, 4.69) is 33.1 Å². The highest BCUT2D eigenvalue weighted by atomic mass is 32.2. The molecule has 2 heterocycles. The zero-order chi connectivity index (χ0) is 21.1. The summed E-state index contributed by atoms with van der Waals surface area (Å²) in [6.07, 6.45) is 0.258. The monoisotopic (exact) mass is 440 g/mol. The number of imidazole rings is 1. The quantitative estimate of drug-likeness (QED) is 0.428. The average Bonchev–Trinajstić information content (AvgIpc) is 3.40. The highest BCUT2D eigenvalue weighted by Crippen LogP contribution is 2.33. The molecule has 30 heavy (non-hydrogen) atoms. The number of H-pyrrole nitrogens is 1. The van der Waals surface area contributed by atoms with Crippen molar-refractivity contribution in [3.8, 4) is 22.5 Å². The summed E-state index contributed by atoms with van der Waals surface area (Å²) in [7, 11) is -2.13. The number of sulfone groups is 1. The lowest BCUT2D eigenvalue weighted by atomic mass is 10.1. The Hall–Kier alpha value is -2.98. The van der Waals surface area contributed by atoms with Gasteiger partial charge in [0.05, 0.1) is 22.4 Å². The first-order valence-corrected chi connectivity index (χ1v) is 11.5. The van der Waals surface area contributed by atoms with E-state index in [1.165, 1.54) is 7.05 Å². The van der Waals surface area contributed by atoms with E-state index in [-0.39, 0.29) is 17.3 Å². The number of aryl methyl sites for hydroxylation is 1. The Kier molecular flexibility index (Phi) is 5.69. The predicted molar refractivity (Wildman–Crippen MR) is 117 cm³/mol. The SMILES string of the molecule is Cn1nnnc1S(=O)(=O)CCC(S)c1nc(-c2ccccc2)c(-c2ccccc2)[nH]1.